The molecule has 1 aromatic heterocycles. The lowest BCUT2D eigenvalue weighted by Crippen LogP contribution is -2.48. The molecule has 1 aromatic rings. The van der Waals surface area contributed by atoms with Gasteiger partial charge in [0.1, 0.15) is 5.15 Å². The number of halogens is 1. The van der Waals surface area contributed by atoms with Crippen LogP contribution in [-0.4, -0.2) is 69.0 Å². The van der Waals surface area contributed by atoms with Crippen molar-refractivity contribution in [3.8, 4) is 0 Å². The summed E-state index contributed by atoms with van der Waals surface area (Å²) in [5.41, 5.74) is 0.959. The SMILES string of the molecule is CCN(Cc1ccc(Cl)nc1)C1=C([N+](=O)[O-])CN(CCC(=O)O)CN1C. The molecule has 0 unspecified atom stereocenters. The first kappa shape index (κ1) is 19.9. The highest BCUT2D eigenvalue weighted by Gasteiger charge is 2.33. The van der Waals surface area contributed by atoms with Crippen molar-refractivity contribution in [1.82, 2.24) is 19.7 Å². The average Bonchev–Trinajstić information content (AvgIpc) is 2.59. The fourth-order valence-electron chi connectivity index (χ4n) is 2.94. The van der Waals surface area contributed by atoms with Gasteiger partial charge in [-0.1, -0.05) is 17.7 Å². The van der Waals surface area contributed by atoms with Crippen LogP contribution < -0.4 is 0 Å². The second-order valence-electron chi connectivity index (χ2n) is 6.07. The van der Waals surface area contributed by atoms with Crippen molar-refractivity contribution in [1.29, 1.82) is 0 Å². The van der Waals surface area contributed by atoms with E-state index in [1.807, 2.05) is 17.9 Å². The number of hydrogen-bond donors (Lipinski definition) is 1. The summed E-state index contributed by atoms with van der Waals surface area (Å²) < 4.78 is 0. The summed E-state index contributed by atoms with van der Waals surface area (Å²) >= 11 is 5.81. The van der Waals surface area contributed by atoms with Gasteiger partial charge in [0.15, 0.2) is 5.82 Å². The normalized spacial score (nSPS) is 15.3. The molecule has 9 nitrogen and oxygen atoms in total. The Hall–Kier alpha value is -2.39. The Balaban J connectivity index is 2.25. The lowest BCUT2D eigenvalue weighted by Gasteiger charge is -2.39. The van der Waals surface area contributed by atoms with E-state index in [9.17, 15) is 14.9 Å². The van der Waals surface area contributed by atoms with Crippen LogP contribution in [0.3, 0.4) is 0 Å². The molecule has 1 aliphatic heterocycles. The van der Waals surface area contributed by atoms with E-state index in [0.717, 1.165) is 5.56 Å². The molecule has 0 fully saturated rings. The third-order valence-corrected chi connectivity index (χ3v) is 4.33. The van der Waals surface area contributed by atoms with Crippen molar-refractivity contribution < 1.29 is 14.8 Å². The van der Waals surface area contributed by atoms with Gasteiger partial charge < -0.3 is 14.9 Å². The van der Waals surface area contributed by atoms with Gasteiger partial charge in [0, 0.05) is 32.9 Å². The summed E-state index contributed by atoms with van der Waals surface area (Å²) in [5, 5.41) is 20.9. The highest BCUT2D eigenvalue weighted by molar-refractivity contribution is 6.29. The summed E-state index contributed by atoms with van der Waals surface area (Å²) in [6.07, 6.45) is 1.60. The topological polar surface area (TPSA) is 103 Å². The second-order valence-corrected chi connectivity index (χ2v) is 6.45. The number of hydrogen-bond acceptors (Lipinski definition) is 7. The quantitative estimate of drug-likeness (QED) is 0.411. The summed E-state index contributed by atoms with van der Waals surface area (Å²) in [7, 11) is 1.77. The minimum atomic E-state index is -0.921. The molecule has 2 heterocycles. The molecule has 0 atom stereocenters. The highest BCUT2D eigenvalue weighted by atomic mass is 35.5. The van der Waals surface area contributed by atoms with Gasteiger partial charge in [-0.3, -0.25) is 19.8 Å². The molecule has 0 spiro atoms. The van der Waals surface area contributed by atoms with Crippen LogP contribution in [0.2, 0.25) is 5.15 Å². The van der Waals surface area contributed by atoms with Crippen LogP contribution in [0, 0.1) is 10.1 Å². The summed E-state index contributed by atoms with van der Waals surface area (Å²) in [5.74, 6) is -0.380. The Bertz CT molecular complexity index is 694. The van der Waals surface area contributed by atoms with E-state index >= 15 is 0 Å². The molecule has 0 aliphatic carbocycles. The Kier molecular flexibility index (Phi) is 6.76. The number of aliphatic carboxylic acids is 1. The lowest BCUT2D eigenvalue weighted by molar-refractivity contribution is -0.433. The van der Waals surface area contributed by atoms with Crippen LogP contribution in [0.4, 0.5) is 0 Å². The summed E-state index contributed by atoms with van der Waals surface area (Å²) in [6, 6.07) is 3.53. The maximum Gasteiger partial charge on any atom is 0.304 e. The average molecular weight is 384 g/mol. The Morgan fingerprint density at radius 1 is 1.50 bits per heavy atom. The molecular weight excluding hydrogens is 362 g/mol. The predicted molar refractivity (Wildman–Crippen MR) is 95.8 cm³/mol. The molecule has 2 rings (SSSR count). The summed E-state index contributed by atoms with van der Waals surface area (Å²) in [4.78, 5) is 31.5. The maximum absolute atomic E-state index is 11.6. The van der Waals surface area contributed by atoms with Crippen molar-refractivity contribution in [2.24, 2.45) is 0 Å². The number of carbonyl (C=O) groups is 1. The number of nitro groups is 1. The molecule has 0 saturated heterocycles. The third-order valence-electron chi connectivity index (χ3n) is 4.11. The predicted octanol–water partition coefficient (Wildman–Crippen LogP) is 1.68. The number of pyridine rings is 1. The molecule has 0 bridgehead atoms. The lowest BCUT2D eigenvalue weighted by atomic mass is 10.2. The van der Waals surface area contributed by atoms with E-state index in [1.165, 1.54) is 0 Å². The minimum absolute atomic E-state index is 0.0535. The Morgan fingerprint density at radius 3 is 2.77 bits per heavy atom. The van der Waals surface area contributed by atoms with Gasteiger partial charge in [-0.15, -0.1) is 0 Å². The van der Waals surface area contributed by atoms with Crippen molar-refractivity contribution >= 4 is 17.6 Å². The van der Waals surface area contributed by atoms with Crippen LogP contribution in [0.25, 0.3) is 0 Å². The van der Waals surface area contributed by atoms with Crippen LogP contribution in [0.1, 0.15) is 18.9 Å². The van der Waals surface area contributed by atoms with Crippen molar-refractivity contribution in [3.63, 3.8) is 0 Å². The molecule has 1 N–H and O–H groups in total. The van der Waals surface area contributed by atoms with Crippen molar-refractivity contribution in [3.05, 3.63) is 50.7 Å². The number of nitrogens with zero attached hydrogens (tertiary/aromatic N) is 5. The van der Waals surface area contributed by atoms with E-state index in [-0.39, 0.29) is 30.1 Å². The number of rotatable bonds is 8. The van der Waals surface area contributed by atoms with Gasteiger partial charge in [0.2, 0.25) is 0 Å². The smallest absolute Gasteiger partial charge is 0.304 e. The zero-order valence-electron chi connectivity index (χ0n) is 14.8. The molecule has 0 saturated carbocycles. The Morgan fingerprint density at radius 2 is 2.23 bits per heavy atom. The highest BCUT2D eigenvalue weighted by Crippen LogP contribution is 2.23. The number of aromatic nitrogens is 1. The van der Waals surface area contributed by atoms with E-state index in [2.05, 4.69) is 4.98 Å². The van der Waals surface area contributed by atoms with Gasteiger partial charge in [-0.05, 0) is 18.6 Å². The van der Waals surface area contributed by atoms with Crippen molar-refractivity contribution in [2.45, 2.75) is 19.9 Å². The monoisotopic (exact) mass is 383 g/mol. The molecule has 0 aromatic carbocycles. The van der Waals surface area contributed by atoms with Crippen molar-refractivity contribution in [2.75, 3.05) is 33.4 Å². The first-order valence-electron chi connectivity index (χ1n) is 8.20. The standard InChI is InChI=1S/C16H22ClN5O4/c1-3-21(9-12-4-5-14(17)18-8-12)16-13(22(25)26)10-20(11-19(16)2)7-6-15(23)24/h4-5,8H,3,6-7,9-11H2,1-2H3,(H,23,24). The van der Waals surface area contributed by atoms with Gasteiger partial charge in [0.25, 0.3) is 5.70 Å². The van der Waals surface area contributed by atoms with Crippen LogP contribution in [0.5, 0.6) is 0 Å². The fraction of sp³-hybridized carbons (Fsp3) is 0.500. The first-order chi connectivity index (χ1) is 12.3. The summed E-state index contributed by atoms with van der Waals surface area (Å²) in [6.45, 7) is 3.77. The molecular formula is C16H22ClN5O4. The van der Waals surface area contributed by atoms with E-state index < -0.39 is 5.97 Å². The van der Waals surface area contributed by atoms with Gasteiger partial charge in [-0.25, -0.2) is 4.98 Å². The Labute approximate surface area is 156 Å². The largest absolute Gasteiger partial charge is 0.481 e. The van der Waals surface area contributed by atoms with E-state index in [4.69, 9.17) is 16.7 Å². The second kappa shape index (κ2) is 8.81. The minimum Gasteiger partial charge on any atom is -0.481 e. The third kappa shape index (κ3) is 5.06. The van der Waals surface area contributed by atoms with E-state index in [1.54, 1.807) is 29.1 Å². The number of carboxylic acids is 1. The van der Waals surface area contributed by atoms with E-state index in [0.29, 0.717) is 30.7 Å². The number of carboxylic acid groups (broad SMARTS) is 1. The van der Waals surface area contributed by atoms with Crippen LogP contribution >= 0.6 is 11.6 Å². The maximum atomic E-state index is 11.6. The molecule has 26 heavy (non-hydrogen) atoms. The zero-order chi connectivity index (χ0) is 19.3. The fourth-order valence-corrected chi connectivity index (χ4v) is 3.06. The van der Waals surface area contributed by atoms with Gasteiger partial charge in [0.05, 0.1) is 24.6 Å². The zero-order valence-corrected chi connectivity index (χ0v) is 15.5. The van der Waals surface area contributed by atoms with Crippen LogP contribution in [0.15, 0.2) is 29.8 Å². The van der Waals surface area contributed by atoms with Gasteiger partial charge in [-0.2, -0.15) is 0 Å². The van der Waals surface area contributed by atoms with Crippen LogP contribution in [-0.2, 0) is 11.3 Å². The molecule has 0 amide bonds. The molecule has 1 aliphatic rings. The molecule has 10 heteroatoms. The molecule has 142 valence electrons. The first-order valence-corrected chi connectivity index (χ1v) is 8.57. The van der Waals surface area contributed by atoms with Gasteiger partial charge >= 0.3 is 5.97 Å². The molecule has 0 radical (unpaired) electrons.